The smallest absolute Gasteiger partial charge is 0.293 e. The van der Waals surface area contributed by atoms with E-state index in [0.717, 1.165) is 12.1 Å². The standard InChI is InChI=1S/C11H12F3N/c1-7-4-9(8(2)15-3)6-10(5-7)11(12,13)14/h4-6H,1-3H3. The zero-order valence-corrected chi connectivity index (χ0v) is 8.81. The number of hydrogen-bond acceptors (Lipinski definition) is 1. The van der Waals surface area contributed by atoms with Crippen molar-refractivity contribution in [2.75, 3.05) is 7.05 Å². The Labute approximate surface area is 86.6 Å². The van der Waals surface area contributed by atoms with Crippen LogP contribution in [0.4, 0.5) is 13.2 Å². The van der Waals surface area contributed by atoms with Crippen LogP contribution in [0.2, 0.25) is 0 Å². The molecule has 0 aliphatic rings. The molecule has 0 fully saturated rings. The number of nitrogens with zero attached hydrogens (tertiary/aromatic N) is 1. The second kappa shape index (κ2) is 4.04. The van der Waals surface area contributed by atoms with Crippen LogP contribution in [-0.4, -0.2) is 12.8 Å². The van der Waals surface area contributed by atoms with E-state index in [1.165, 1.54) is 0 Å². The van der Waals surface area contributed by atoms with Gasteiger partial charge in [0.25, 0.3) is 0 Å². The zero-order valence-electron chi connectivity index (χ0n) is 8.81. The van der Waals surface area contributed by atoms with Crippen molar-refractivity contribution >= 4 is 5.71 Å². The molecule has 15 heavy (non-hydrogen) atoms. The molecule has 0 amide bonds. The quantitative estimate of drug-likeness (QED) is 0.636. The van der Waals surface area contributed by atoms with E-state index in [2.05, 4.69) is 4.99 Å². The summed E-state index contributed by atoms with van der Waals surface area (Å²) in [5, 5.41) is 0. The van der Waals surface area contributed by atoms with Crippen LogP contribution in [0.5, 0.6) is 0 Å². The van der Waals surface area contributed by atoms with Crippen molar-refractivity contribution in [2.24, 2.45) is 4.99 Å². The summed E-state index contributed by atoms with van der Waals surface area (Å²) in [5.41, 5.74) is 1.08. The molecule has 0 aliphatic carbocycles. The van der Waals surface area contributed by atoms with Crippen LogP contribution < -0.4 is 0 Å². The molecule has 0 radical (unpaired) electrons. The minimum atomic E-state index is -4.30. The Morgan fingerprint density at radius 2 is 1.80 bits per heavy atom. The van der Waals surface area contributed by atoms with Gasteiger partial charge in [-0.3, -0.25) is 4.99 Å². The molecule has 4 heteroatoms. The van der Waals surface area contributed by atoms with Gasteiger partial charge in [0.05, 0.1) is 5.56 Å². The van der Waals surface area contributed by atoms with Crippen LogP contribution in [0.15, 0.2) is 23.2 Å². The van der Waals surface area contributed by atoms with Gasteiger partial charge in [0.2, 0.25) is 0 Å². The molecule has 0 heterocycles. The van der Waals surface area contributed by atoms with Gasteiger partial charge >= 0.3 is 6.18 Å². The summed E-state index contributed by atoms with van der Waals surface area (Å²) in [4.78, 5) is 3.87. The summed E-state index contributed by atoms with van der Waals surface area (Å²) < 4.78 is 37.4. The summed E-state index contributed by atoms with van der Waals surface area (Å²) in [6, 6.07) is 3.94. The van der Waals surface area contributed by atoms with Crippen molar-refractivity contribution in [3.63, 3.8) is 0 Å². The molecule has 1 aromatic carbocycles. The van der Waals surface area contributed by atoms with Gasteiger partial charge in [-0.15, -0.1) is 0 Å². The molecule has 82 valence electrons. The normalized spacial score (nSPS) is 13.1. The lowest BCUT2D eigenvalue weighted by molar-refractivity contribution is -0.137. The highest BCUT2D eigenvalue weighted by Crippen LogP contribution is 2.30. The van der Waals surface area contributed by atoms with Crippen molar-refractivity contribution in [1.29, 1.82) is 0 Å². The zero-order chi connectivity index (χ0) is 11.6. The van der Waals surface area contributed by atoms with Crippen LogP contribution in [0, 0.1) is 6.92 Å². The minimum absolute atomic E-state index is 0.518. The monoisotopic (exact) mass is 215 g/mol. The van der Waals surface area contributed by atoms with E-state index >= 15 is 0 Å². The number of rotatable bonds is 1. The van der Waals surface area contributed by atoms with Crippen LogP contribution in [0.25, 0.3) is 0 Å². The van der Waals surface area contributed by atoms with Gasteiger partial charge in [0.1, 0.15) is 0 Å². The fourth-order valence-electron chi connectivity index (χ4n) is 1.28. The summed E-state index contributed by atoms with van der Waals surface area (Å²) in [7, 11) is 1.56. The largest absolute Gasteiger partial charge is 0.416 e. The first-order valence-corrected chi connectivity index (χ1v) is 4.47. The SMILES string of the molecule is CN=C(C)c1cc(C)cc(C(F)(F)F)c1. The third-order valence-corrected chi connectivity index (χ3v) is 2.16. The Balaban J connectivity index is 3.29. The van der Waals surface area contributed by atoms with Gasteiger partial charge < -0.3 is 0 Å². The van der Waals surface area contributed by atoms with Gasteiger partial charge in [-0.25, -0.2) is 0 Å². The highest BCUT2D eigenvalue weighted by Gasteiger charge is 2.30. The fourth-order valence-corrected chi connectivity index (χ4v) is 1.28. The van der Waals surface area contributed by atoms with E-state index in [9.17, 15) is 13.2 Å². The minimum Gasteiger partial charge on any atom is -0.293 e. The molecule has 0 N–H and O–H groups in total. The summed E-state index contributed by atoms with van der Waals surface area (Å²) in [5.74, 6) is 0. The third kappa shape index (κ3) is 2.81. The highest BCUT2D eigenvalue weighted by molar-refractivity contribution is 5.98. The number of halogens is 3. The van der Waals surface area contributed by atoms with Crippen LogP contribution >= 0.6 is 0 Å². The fraction of sp³-hybridized carbons (Fsp3) is 0.364. The predicted molar refractivity (Wildman–Crippen MR) is 54.3 cm³/mol. The molecule has 0 aromatic heterocycles. The lowest BCUT2D eigenvalue weighted by Crippen LogP contribution is -2.07. The summed E-state index contributed by atoms with van der Waals surface area (Å²) >= 11 is 0. The Morgan fingerprint density at radius 1 is 1.20 bits per heavy atom. The summed E-state index contributed by atoms with van der Waals surface area (Å²) in [6.45, 7) is 3.33. The predicted octanol–water partition coefficient (Wildman–Crippen LogP) is 3.45. The molecule has 0 saturated heterocycles. The molecule has 0 aliphatic heterocycles. The molecular formula is C11H12F3N. The average Bonchev–Trinajstić information content (AvgIpc) is 2.14. The molecular weight excluding hydrogens is 203 g/mol. The number of hydrogen-bond donors (Lipinski definition) is 0. The van der Waals surface area contributed by atoms with Crippen LogP contribution in [0.1, 0.15) is 23.6 Å². The van der Waals surface area contributed by atoms with Gasteiger partial charge in [0.15, 0.2) is 0 Å². The molecule has 1 aromatic rings. The third-order valence-electron chi connectivity index (χ3n) is 2.16. The molecule has 1 nitrogen and oxygen atoms in total. The first-order chi connectivity index (χ1) is 6.84. The van der Waals surface area contributed by atoms with E-state index in [0.29, 0.717) is 16.8 Å². The average molecular weight is 215 g/mol. The van der Waals surface area contributed by atoms with Gasteiger partial charge in [-0.05, 0) is 37.1 Å². The number of aryl methyl sites for hydroxylation is 1. The Bertz CT molecular complexity index is 391. The van der Waals surface area contributed by atoms with Crippen LogP contribution in [-0.2, 0) is 6.18 Å². The topological polar surface area (TPSA) is 12.4 Å². The molecule has 0 unspecified atom stereocenters. The van der Waals surface area contributed by atoms with E-state index < -0.39 is 11.7 Å². The van der Waals surface area contributed by atoms with Gasteiger partial charge in [-0.1, -0.05) is 6.07 Å². The Morgan fingerprint density at radius 3 is 2.27 bits per heavy atom. The Hall–Kier alpha value is -1.32. The van der Waals surface area contributed by atoms with Gasteiger partial charge in [-0.2, -0.15) is 13.2 Å². The summed E-state index contributed by atoms with van der Waals surface area (Å²) in [6.07, 6.45) is -4.30. The number of benzene rings is 1. The van der Waals surface area contributed by atoms with Crippen molar-refractivity contribution in [1.82, 2.24) is 0 Å². The molecule has 0 spiro atoms. The van der Waals surface area contributed by atoms with E-state index in [1.54, 1.807) is 27.0 Å². The molecule has 0 saturated carbocycles. The van der Waals surface area contributed by atoms with Gasteiger partial charge in [0, 0.05) is 12.8 Å². The van der Waals surface area contributed by atoms with Crippen molar-refractivity contribution in [3.8, 4) is 0 Å². The van der Waals surface area contributed by atoms with Crippen molar-refractivity contribution in [2.45, 2.75) is 20.0 Å². The van der Waals surface area contributed by atoms with E-state index in [4.69, 9.17) is 0 Å². The molecule has 0 atom stereocenters. The lowest BCUT2D eigenvalue weighted by Gasteiger charge is -2.10. The Kier molecular flexibility index (Phi) is 3.17. The van der Waals surface area contributed by atoms with E-state index in [1.807, 2.05) is 0 Å². The maximum Gasteiger partial charge on any atom is 0.416 e. The molecule has 0 bridgehead atoms. The maximum atomic E-state index is 12.5. The lowest BCUT2D eigenvalue weighted by atomic mass is 10.0. The second-order valence-corrected chi connectivity index (χ2v) is 3.39. The van der Waals surface area contributed by atoms with E-state index in [-0.39, 0.29) is 0 Å². The first-order valence-electron chi connectivity index (χ1n) is 4.47. The van der Waals surface area contributed by atoms with Crippen molar-refractivity contribution < 1.29 is 13.2 Å². The molecule has 1 rings (SSSR count). The second-order valence-electron chi connectivity index (χ2n) is 3.39. The maximum absolute atomic E-state index is 12.5. The highest BCUT2D eigenvalue weighted by atomic mass is 19.4. The first kappa shape index (κ1) is 11.8. The van der Waals surface area contributed by atoms with Crippen molar-refractivity contribution in [3.05, 3.63) is 34.9 Å². The number of alkyl halides is 3. The number of aliphatic imine (C=N–C) groups is 1. The van der Waals surface area contributed by atoms with Crippen LogP contribution in [0.3, 0.4) is 0 Å².